The molecule has 0 fully saturated rings. The zero-order valence-corrected chi connectivity index (χ0v) is 18.0. The van der Waals surface area contributed by atoms with E-state index >= 15 is 0 Å². The molecule has 0 saturated carbocycles. The van der Waals surface area contributed by atoms with Gasteiger partial charge in [-0.1, -0.05) is 59.8 Å². The third kappa shape index (κ3) is 3.63. The van der Waals surface area contributed by atoms with Gasteiger partial charge in [0, 0.05) is 16.8 Å². The lowest BCUT2D eigenvalue weighted by molar-refractivity contribution is -0.116. The Hall–Kier alpha value is -4.65. The average Bonchev–Trinajstić information content (AvgIpc) is 3.56. The molecule has 0 aliphatic carbocycles. The molecule has 3 aromatic carbocycles. The van der Waals surface area contributed by atoms with Crippen LogP contribution in [-0.2, 0) is 11.2 Å². The van der Waals surface area contributed by atoms with E-state index in [2.05, 4.69) is 15.5 Å². The summed E-state index contributed by atoms with van der Waals surface area (Å²) in [7, 11) is 0. The average molecular weight is 449 g/mol. The summed E-state index contributed by atoms with van der Waals surface area (Å²) in [4.78, 5) is 18.0. The van der Waals surface area contributed by atoms with Crippen LogP contribution in [-0.4, -0.2) is 16.0 Å². The van der Waals surface area contributed by atoms with Crippen molar-refractivity contribution in [2.24, 2.45) is 0 Å². The van der Waals surface area contributed by atoms with Gasteiger partial charge in [0.15, 0.2) is 5.76 Å². The van der Waals surface area contributed by atoms with E-state index in [9.17, 15) is 4.79 Å². The molecule has 0 atom stereocenters. The van der Waals surface area contributed by atoms with Crippen LogP contribution in [0.25, 0.3) is 11.6 Å². The molecule has 0 saturated heterocycles. The Morgan fingerprint density at radius 3 is 2.29 bits per heavy atom. The highest BCUT2D eigenvalue weighted by Gasteiger charge is 2.32. The van der Waals surface area contributed by atoms with Crippen molar-refractivity contribution in [3.05, 3.63) is 114 Å². The third-order valence-electron chi connectivity index (χ3n) is 5.77. The molecule has 6 rings (SSSR count). The van der Waals surface area contributed by atoms with E-state index in [0.29, 0.717) is 41.1 Å². The number of hydrogen-bond acceptors (Lipinski definition) is 6. The molecule has 34 heavy (non-hydrogen) atoms. The molecule has 0 bridgehead atoms. The summed E-state index contributed by atoms with van der Waals surface area (Å²) in [5.74, 6) is 2.08. The number of rotatable bonds is 5. The van der Waals surface area contributed by atoms with E-state index in [-0.39, 0.29) is 5.91 Å². The van der Waals surface area contributed by atoms with E-state index in [1.165, 1.54) is 0 Å². The number of aromatic nitrogens is 2. The highest BCUT2D eigenvalue weighted by atomic mass is 16.5. The van der Waals surface area contributed by atoms with Gasteiger partial charge in [-0.25, -0.2) is 0 Å². The molecule has 1 N–H and O–H groups in total. The van der Waals surface area contributed by atoms with E-state index in [1.807, 2.05) is 72.8 Å². The fraction of sp³-hybridized carbons (Fsp3) is 0.0741. The molecule has 1 aliphatic heterocycles. The smallest absolute Gasteiger partial charge is 0.238 e. The fourth-order valence-corrected chi connectivity index (χ4v) is 4.19. The van der Waals surface area contributed by atoms with Crippen LogP contribution in [0.3, 0.4) is 0 Å². The van der Waals surface area contributed by atoms with Crippen molar-refractivity contribution in [2.75, 3.05) is 5.32 Å². The number of nitrogens with one attached hydrogen (secondary N) is 1. The van der Waals surface area contributed by atoms with Crippen molar-refractivity contribution >= 4 is 11.6 Å². The first-order chi connectivity index (χ1) is 16.8. The second-order valence-electron chi connectivity index (χ2n) is 7.92. The zero-order chi connectivity index (χ0) is 22.9. The fourth-order valence-electron chi connectivity index (χ4n) is 4.19. The molecule has 0 spiro atoms. The number of para-hydroxylation sites is 3. The lowest BCUT2D eigenvalue weighted by Crippen LogP contribution is -2.25. The predicted molar refractivity (Wildman–Crippen MR) is 125 cm³/mol. The molecular weight excluding hydrogens is 430 g/mol. The quantitative estimate of drug-likeness (QED) is 0.365. The Morgan fingerprint density at radius 2 is 1.56 bits per heavy atom. The molecule has 1 aliphatic rings. The maximum absolute atomic E-state index is 13.6. The minimum absolute atomic E-state index is 0.141. The number of furan rings is 1. The maximum Gasteiger partial charge on any atom is 0.238 e. The molecule has 3 heterocycles. The highest BCUT2D eigenvalue weighted by molar-refractivity contribution is 6.00. The normalized spacial score (nSPS) is 12.5. The van der Waals surface area contributed by atoms with Gasteiger partial charge in [-0.15, -0.1) is 0 Å². The topological polar surface area (TPSA) is 90.4 Å². The first-order valence-electron chi connectivity index (χ1n) is 10.9. The Balaban J connectivity index is 1.29. The number of benzene rings is 3. The van der Waals surface area contributed by atoms with Crippen molar-refractivity contribution in [1.82, 2.24) is 10.1 Å². The number of fused-ring (bicyclic) bond motifs is 2. The summed E-state index contributed by atoms with van der Waals surface area (Å²) in [6.45, 7) is 0. The molecule has 0 unspecified atom stereocenters. The van der Waals surface area contributed by atoms with Crippen LogP contribution in [0.4, 0.5) is 5.69 Å². The van der Waals surface area contributed by atoms with Gasteiger partial charge in [-0.05, 0) is 35.9 Å². The molecule has 7 nitrogen and oxygen atoms in total. The molecule has 1 amide bonds. The van der Waals surface area contributed by atoms with Crippen molar-refractivity contribution in [1.29, 1.82) is 0 Å². The van der Waals surface area contributed by atoms with Crippen LogP contribution < -0.4 is 10.1 Å². The number of carbonyl (C=O) groups excluding carboxylic acids is 1. The summed E-state index contributed by atoms with van der Waals surface area (Å²) in [6, 6.07) is 26.4. The molecule has 5 aromatic rings. The van der Waals surface area contributed by atoms with Gasteiger partial charge in [0.2, 0.25) is 17.6 Å². The van der Waals surface area contributed by atoms with E-state index in [4.69, 9.17) is 13.7 Å². The van der Waals surface area contributed by atoms with Crippen molar-refractivity contribution in [3.8, 4) is 23.1 Å². The zero-order valence-electron chi connectivity index (χ0n) is 18.0. The largest absolute Gasteiger partial charge is 0.461 e. The van der Waals surface area contributed by atoms with Crippen LogP contribution in [0.5, 0.6) is 11.5 Å². The second kappa shape index (κ2) is 8.37. The minimum atomic E-state index is -0.497. The number of ether oxygens (including phenoxy) is 1. The lowest BCUT2D eigenvalue weighted by atomic mass is 9.87. The molecule has 2 aromatic heterocycles. The van der Waals surface area contributed by atoms with Crippen LogP contribution in [0.1, 0.15) is 28.5 Å². The maximum atomic E-state index is 13.6. The van der Waals surface area contributed by atoms with Crippen LogP contribution >= 0.6 is 0 Å². The van der Waals surface area contributed by atoms with Crippen molar-refractivity contribution in [2.45, 2.75) is 12.3 Å². The Morgan fingerprint density at radius 1 is 0.853 bits per heavy atom. The van der Waals surface area contributed by atoms with Gasteiger partial charge in [-0.3, -0.25) is 4.79 Å². The molecule has 7 heteroatoms. The van der Waals surface area contributed by atoms with Crippen molar-refractivity contribution in [3.63, 3.8) is 0 Å². The number of anilines is 1. The Labute approximate surface area is 195 Å². The van der Waals surface area contributed by atoms with E-state index in [1.54, 1.807) is 18.4 Å². The Kier molecular flexibility index (Phi) is 4.92. The number of hydrogen-bond donors (Lipinski definition) is 1. The van der Waals surface area contributed by atoms with E-state index < -0.39 is 5.92 Å². The van der Waals surface area contributed by atoms with Crippen LogP contribution in [0, 0.1) is 0 Å². The highest BCUT2D eigenvalue weighted by Crippen LogP contribution is 2.44. The minimum Gasteiger partial charge on any atom is -0.461 e. The van der Waals surface area contributed by atoms with Crippen molar-refractivity contribution < 1.29 is 18.5 Å². The summed E-state index contributed by atoms with van der Waals surface area (Å²) in [5, 5.41) is 7.10. The predicted octanol–water partition coefficient (Wildman–Crippen LogP) is 5.80. The van der Waals surface area contributed by atoms with Gasteiger partial charge in [0.1, 0.15) is 11.5 Å². The summed E-state index contributed by atoms with van der Waals surface area (Å²) >= 11 is 0. The van der Waals surface area contributed by atoms with E-state index in [0.717, 1.165) is 16.7 Å². The molecule has 166 valence electrons. The van der Waals surface area contributed by atoms with Gasteiger partial charge in [0.25, 0.3) is 0 Å². The second-order valence-corrected chi connectivity index (χ2v) is 7.92. The lowest BCUT2D eigenvalue weighted by Gasteiger charge is -2.27. The number of carbonyl (C=O) groups is 1. The number of amides is 1. The third-order valence-corrected chi connectivity index (χ3v) is 5.77. The summed E-state index contributed by atoms with van der Waals surface area (Å²) in [5.41, 5.74) is 3.21. The number of nitrogens with zero attached hydrogens (tertiary/aromatic N) is 2. The molecular formula is C27H19N3O4. The van der Waals surface area contributed by atoms with Gasteiger partial charge < -0.3 is 19.0 Å². The van der Waals surface area contributed by atoms with Crippen LogP contribution in [0.2, 0.25) is 0 Å². The first kappa shape index (κ1) is 20.0. The molecule has 0 radical (unpaired) electrons. The van der Waals surface area contributed by atoms with Gasteiger partial charge in [0.05, 0.1) is 18.6 Å². The Bertz CT molecular complexity index is 1430. The standard InChI is InChI=1S/C27H19N3O4/c31-27(25-18-9-2-5-12-21(18)33-22-13-6-3-10-19(22)25)28-20-11-4-1-8-17(20)16-24-29-26(30-34-24)23-14-7-15-32-23/h1-15,25H,16H2,(H,28,31). The first-order valence-corrected chi connectivity index (χ1v) is 10.9. The SMILES string of the molecule is O=C(Nc1ccccc1Cc1nc(-c2ccco2)no1)C1c2ccccc2Oc2ccccc21. The van der Waals surface area contributed by atoms with Crippen LogP contribution in [0.15, 0.2) is 100 Å². The summed E-state index contributed by atoms with van der Waals surface area (Å²) in [6.07, 6.45) is 1.92. The summed E-state index contributed by atoms with van der Waals surface area (Å²) < 4.78 is 16.8. The van der Waals surface area contributed by atoms with Gasteiger partial charge in [-0.2, -0.15) is 4.98 Å². The monoisotopic (exact) mass is 449 g/mol. The van der Waals surface area contributed by atoms with Gasteiger partial charge >= 0.3 is 0 Å².